The van der Waals surface area contributed by atoms with E-state index in [1.807, 2.05) is 30.3 Å². The van der Waals surface area contributed by atoms with Gasteiger partial charge in [0.2, 0.25) is 0 Å². The first kappa shape index (κ1) is 12.4. The molecule has 1 heterocycles. The van der Waals surface area contributed by atoms with Gasteiger partial charge in [-0.2, -0.15) is 0 Å². The number of β-amino-alcohol motifs (C(OH)–C–C–N with tert-alkyl or cyclic N) is 1. The van der Waals surface area contributed by atoms with Gasteiger partial charge in [0.1, 0.15) is 11.7 Å². The molecule has 1 fully saturated rings. The lowest BCUT2D eigenvalue weighted by Gasteiger charge is -2.42. The zero-order valence-corrected chi connectivity index (χ0v) is 10.0. The predicted molar refractivity (Wildman–Crippen MR) is 66.1 cm³/mol. The number of piperidine rings is 1. The lowest BCUT2D eigenvalue weighted by molar-refractivity contribution is -0.122. The quantitative estimate of drug-likeness (QED) is 0.810. The van der Waals surface area contributed by atoms with Crippen LogP contribution < -0.4 is 4.90 Å². The number of rotatable bonds is 3. The minimum Gasteiger partial charge on any atom is -0.388 e. The molecule has 17 heavy (non-hydrogen) atoms. The first-order valence-electron chi connectivity index (χ1n) is 5.85. The molecule has 4 nitrogen and oxygen atoms in total. The Morgan fingerprint density at radius 3 is 2.71 bits per heavy atom. The van der Waals surface area contributed by atoms with E-state index >= 15 is 0 Å². The first-order chi connectivity index (χ1) is 8.15. The molecule has 2 rings (SSSR count). The topological polar surface area (TPSA) is 52.9 Å². The normalized spacial score (nSPS) is 29.4. The highest BCUT2D eigenvalue weighted by molar-refractivity contribution is 5.46. The Balaban J connectivity index is 2.05. The maximum absolute atomic E-state index is 10.2. The van der Waals surface area contributed by atoms with E-state index in [0.29, 0.717) is 13.0 Å². The van der Waals surface area contributed by atoms with Gasteiger partial charge in [0.05, 0.1) is 6.61 Å². The second-order valence-corrected chi connectivity index (χ2v) is 4.58. The Labute approximate surface area is 101 Å². The van der Waals surface area contributed by atoms with Crippen LogP contribution in [0, 0.1) is 0 Å². The fraction of sp³-hybridized carbons (Fsp3) is 0.538. The second-order valence-electron chi connectivity index (χ2n) is 4.58. The molecular formula is C13H19NO3. The Morgan fingerprint density at radius 2 is 2.12 bits per heavy atom. The molecule has 1 aliphatic rings. The van der Waals surface area contributed by atoms with Gasteiger partial charge in [-0.3, -0.25) is 0 Å². The maximum Gasteiger partial charge on any atom is 0.117 e. The molecule has 2 N–H and O–H groups in total. The number of aliphatic hydroxyl groups excluding tert-OH is 1. The third-order valence-electron chi connectivity index (χ3n) is 3.34. The van der Waals surface area contributed by atoms with Crippen LogP contribution in [0.1, 0.15) is 6.42 Å². The summed E-state index contributed by atoms with van der Waals surface area (Å²) in [5, 5.41) is 20.2. The minimum atomic E-state index is -1.11. The number of aliphatic hydroxyl groups is 2. The summed E-state index contributed by atoms with van der Waals surface area (Å²) in [5.41, 5.74) is -0.0361. The largest absolute Gasteiger partial charge is 0.388 e. The van der Waals surface area contributed by atoms with Crippen molar-refractivity contribution in [1.82, 2.24) is 0 Å². The summed E-state index contributed by atoms with van der Waals surface area (Å²) in [6.07, 6.45) is -0.270. The lowest BCUT2D eigenvalue weighted by atomic mass is 9.89. The van der Waals surface area contributed by atoms with E-state index in [4.69, 9.17) is 4.74 Å². The molecule has 4 heteroatoms. The van der Waals surface area contributed by atoms with E-state index in [1.54, 1.807) is 0 Å². The Morgan fingerprint density at radius 1 is 1.41 bits per heavy atom. The average molecular weight is 237 g/mol. The standard InChI is InChI=1S/C13H19NO3/c1-17-10-13(16)7-8-14(9-12(13)15)11-5-3-2-4-6-11/h2-6,12,15-16H,7-10H2,1H3/t12-,13?/m0/s1. The van der Waals surface area contributed by atoms with Gasteiger partial charge in [0.25, 0.3) is 0 Å². The first-order valence-corrected chi connectivity index (χ1v) is 5.85. The van der Waals surface area contributed by atoms with Gasteiger partial charge in [-0.15, -0.1) is 0 Å². The van der Waals surface area contributed by atoms with Crippen LogP contribution in [-0.2, 0) is 4.74 Å². The molecule has 1 saturated heterocycles. The summed E-state index contributed by atoms with van der Waals surface area (Å²) in [6.45, 7) is 1.33. The molecule has 1 aliphatic heterocycles. The third kappa shape index (κ3) is 2.60. The molecule has 0 bridgehead atoms. The average Bonchev–Trinajstić information content (AvgIpc) is 2.34. The van der Waals surface area contributed by atoms with E-state index in [1.165, 1.54) is 7.11 Å². The molecule has 0 aliphatic carbocycles. The zero-order valence-electron chi connectivity index (χ0n) is 10.0. The van der Waals surface area contributed by atoms with E-state index in [2.05, 4.69) is 4.90 Å². The van der Waals surface area contributed by atoms with Crippen molar-refractivity contribution in [1.29, 1.82) is 0 Å². The summed E-state index contributed by atoms with van der Waals surface area (Å²) in [6, 6.07) is 9.92. The monoisotopic (exact) mass is 237 g/mol. The molecule has 1 unspecified atom stereocenters. The highest BCUT2D eigenvalue weighted by Gasteiger charge is 2.40. The van der Waals surface area contributed by atoms with Crippen LogP contribution in [0.25, 0.3) is 0 Å². The summed E-state index contributed by atoms with van der Waals surface area (Å²) < 4.78 is 4.97. The van der Waals surface area contributed by atoms with Crippen LogP contribution in [0.15, 0.2) is 30.3 Å². The van der Waals surface area contributed by atoms with Gasteiger partial charge in [-0.1, -0.05) is 18.2 Å². The SMILES string of the molecule is COCC1(O)CCN(c2ccccc2)C[C@@H]1O. The third-order valence-corrected chi connectivity index (χ3v) is 3.34. The number of nitrogens with zero attached hydrogens (tertiary/aromatic N) is 1. The summed E-state index contributed by atoms with van der Waals surface area (Å²) in [5.74, 6) is 0. The van der Waals surface area contributed by atoms with Gasteiger partial charge < -0.3 is 19.8 Å². The molecule has 94 valence electrons. The number of benzene rings is 1. The number of para-hydroxylation sites is 1. The summed E-state index contributed by atoms with van der Waals surface area (Å²) in [4.78, 5) is 2.08. The second kappa shape index (κ2) is 5.04. The maximum atomic E-state index is 10.2. The molecule has 1 aromatic rings. The van der Waals surface area contributed by atoms with Crippen LogP contribution in [0.5, 0.6) is 0 Å². The Kier molecular flexibility index (Phi) is 3.66. The molecule has 0 saturated carbocycles. The van der Waals surface area contributed by atoms with Crippen LogP contribution in [0.4, 0.5) is 5.69 Å². The predicted octanol–water partition coefficient (Wildman–Crippen LogP) is 0.635. The highest BCUT2D eigenvalue weighted by Crippen LogP contribution is 2.26. The van der Waals surface area contributed by atoms with Crippen molar-refractivity contribution in [3.05, 3.63) is 30.3 Å². The number of hydrogen-bond donors (Lipinski definition) is 2. The minimum absolute atomic E-state index is 0.177. The van der Waals surface area contributed by atoms with Crippen molar-refractivity contribution < 1.29 is 14.9 Å². The molecule has 0 spiro atoms. The van der Waals surface area contributed by atoms with Crippen molar-refractivity contribution in [3.8, 4) is 0 Å². The van der Waals surface area contributed by atoms with Crippen molar-refractivity contribution in [3.63, 3.8) is 0 Å². The van der Waals surface area contributed by atoms with Crippen LogP contribution in [-0.4, -0.2) is 48.7 Å². The van der Waals surface area contributed by atoms with Gasteiger partial charge in [0.15, 0.2) is 0 Å². The van der Waals surface area contributed by atoms with Gasteiger partial charge in [0, 0.05) is 25.9 Å². The molecule has 0 aromatic heterocycles. The van der Waals surface area contributed by atoms with Crippen molar-refractivity contribution in [2.45, 2.75) is 18.1 Å². The Hall–Kier alpha value is -1.10. The van der Waals surface area contributed by atoms with Crippen LogP contribution in [0.2, 0.25) is 0 Å². The fourth-order valence-corrected chi connectivity index (χ4v) is 2.26. The number of methoxy groups -OCH3 is 1. The molecular weight excluding hydrogens is 218 g/mol. The summed E-state index contributed by atoms with van der Waals surface area (Å²) in [7, 11) is 1.54. The Bertz CT molecular complexity index is 357. The van der Waals surface area contributed by atoms with Crippen molar-refractivity contribution in [2.75, 3.05) is 31.7 Å². The fourth-order valence-electron chi connectivity index (χ4n) is 2.26. The van der Waals surface area contributed by atoms with Crippen LogP contribution >= 0.6 is 0 Å². The van der Waals surface area contributed by atoms with E-state index in [9.17, 15) is 10.2 Å². The van der Waals surface area contributed by atoms with E-state index in [-0.39, 0.29) is 6.61 Å². The smallest absolute Gasteiger partial charge is 0.117 e. The molecule has 1 aromatic carbocycles. The van der Waals surface area contributed by atoms with E-state index < -0.39 is 11.7 Å². The van der Waals surface area contributed by atoms with Crippen molar-refractivity contribution in [2.24, 2.45) is 0 Å². The van der Waals surface area contributed by atoms with Gasteiger partial charge >= 0.3 is 0 Å². The number of ether oxygens (including phenoxy) is 1. The lowest BCUT2D eigenvalue weighted by Crippen LogP contribution is -2.57. The highest BCUT2D eigenvalue weighted by atomic mass is 16.5. The molecule has 2 atom stereocenters. The zero-order chi connectivity index (χ0) is 12.3. The molecule has 0 radical (unpaired) electrons. The van der Waals surface area contributed by atoms with Gasteiger partial charge in [-0.05, 0) is 18.6 Å². The van der Waals surface area contributed by atoms with E-state index in [0.717, 1.165) is 12.2 Å². The number of hydrogen-bond acceptors (Lipinski definition) is 4. The van der Waals surface area contributed by atoms with Crippen molar-refractivity contribution >= 4 is 5.69 Å². The van der Waals surface area contributed by atoms with Crippen LogP contribution in [0.3, 0.4) is 0 Å². The number of anilines is 1. The molecule has 0 amide bonds. The van der Waals surface area contributed by atoms with Gasteiger partial charge in [-0.25, -0.2) is 0 Å². The summed E-state index contributed by atoms with van der Waals surface area (Å²) >= 11 is 0.